The first-order chi connectivity index (χ1) is 18.4. The lowest BCUT2D eigenvalue weighted by Crippen LogP contribution is -2.53. The molecule has 3 rings (SSSR count). The number of anilines is 1. The lowest BCUT2D eigenvalue weighted by molar-refractivity contribution is -0.140. The topological polar surface area (TPSA) is 86.8 Å². The van der Waals surface area contributed by atoms with Crippen LogP contribution in [0.4, 0.5) is 5.69 Å². The number of halogens is 3. The number of hydrogen-bond acceptors (Lipinski definition) is 4. The number of sulfonamides is 1. The Bertz CT molecular complexity index is 1400. The molecule has 0 aliphatic heterocycles. The zero-order valence-corrected chi connectivity index (χ0v) is 24.9. The highest BCUT2D eigenvalue weighted by Crippen LogP contribution is 2.33. The van der Waals surface area contributed by atoms with E-state index in [1.165, 1.54) is 35.2 Å². The molecule has 1 unspecified atom stereocenters. The van der Waals surface area contributed by atoms with Gasteiger partial charge in [0.2, 0.25) is 11.8 Å². The van der Waals surface area contributed by atoms with Gasteiger partial charge in [0.1, 0.15) is 12.6 Å². The van der Waals surface area contributed by atoms with Crippen molar-refractivity contribution in [3.63, 3.8) is 0 Å². The van der Waals surface area contributed by atoms with Crippen molar-refractivity contribution < 1.29 is 18.0 Å². The van der Waals surface area contributed by atoms with Crippen LogP contribution in [0.15, 0.2) is 77.7 Å². The van der Waals surface area contributed by atoms with Gasteiger partial charge in [0.15, 0.2) is 0 Å². The highest BCUT2D eigenvalue weighted by atomic mass is 35.5. The lowest BCUT2D eigenvalue weighted by Gasteiger charge is -2.33. The fourth-order valence-corrected chi connectivity index (χ4v) is 6.14. The largest absolute Gasteiger partial charge is 0.352 e. The maximum atomic E-state index is 14.0. The first kappa shape index (κ1) is 30.8. The molecule has 0 spiro atoms. The molecule has 0 heterocycles. The minimum atomic E-state index is -4.23. The standard InChI is InChI=1S/C28H30Cl3N3O4S/c1-4-25(28(36)32-19(2)3)33(17-20-10-12-21(29)13-11-20)27(35)18-34(26-15-14-22(30)16-24(26)31)39(37,38)23-8-6-5-7-9-23/h5-16,19,25H,4,17-18H2,1-3H3,(H,32,36). The summed E-state index contributed by atoms with van der Waals surface area (Å²) >= 11 is 18.5. The van der Waals surface area contributed by atoms with Gasteiger partial charge in [-0.15, -0.1) is 0 Å². The molecule has 3 aromatic rings. The average molecular weight is 611 g/mol. The van der Waals surface area contributed by atoms with Gasteiger partial charge in [-0.25, -0.2) is 8.42 Å². The van der Waals surface area contributed by atoms with Crippen LogP contribution < -0.4 is 9.62 Å². The van der Waals surface area contributed by atoms with Crippen LogP contribution in [0, 0.1) is 0 Å². The molecule has 0 bridgehead atoms. The van der Waals surface area contributed by atoms with Crippen molar-refractivity contribution in [1.29, 1.82) is 0 Å². The number of amides is 2. The molecular weight excluding hydrogens is 581 g/mol. The van der Waals surface area contributed by atoms with E-state index in [9.17, 15) is 18.0 Å². The Morgan fingerprint density at radius 2 is 1.51 bits per heavy atom. The molecule has 3 aromatic carbocycles. The van der Waals surface area contributed by atoms with Gasteiger partial charge in [-0.1, -0.05) is 72.1 Å². The number of carbonyl (C=O) groups is 2. The molecule has 39 heavy (non-hydrogen) atoms. The summed E-state index contributed by atoms with van der Waals surface area (Å²) in [5.74, 6) is -0.918. The minimum absolute atomic E-state index is 0.0161. The molecule has 11 heteroatoms. The highest BCUT2D eigenvalue weighted by Gasteiger charge is 2.34. The Hall–Kier alpha value is -2.78. The van der Waals surface area contributed by atoms with Crippen molar-refractivity contribution >= 4 is 62.3 Å². The SMILES string of the molecule is CCC(C(=O)NC(C)C)N(Cc1ccc(Cl)cc1)C(=O)CN(c1ccc(Cl)cc1Cl)S(=O)(=O)c1ccccc1. The van der Waals surface area contributed by atoms with Gasteiger partial charge in [-0.2, -0.15) is 0 Å². The van der Waals surface area contributed by atoms with E-state index in [-0.39, 0.29) is 34.1 Å². The Kier molecular flexibility index (Phi) is 10.7. The number of nitrogens with zero attached hydrogens (tertiary/aromatic N) is 2. The minimum Gasteiger partial charge on any atom is -0.352 e. The smallest absolute Gasteiger partial charge is 0.264 e. The molecule has 7 nitrogen and oxygen atoms in total. The van der Waals surface area contributed by atoms with E-state index in [4.69, 9.17) is 34.8 Å². The van der Waals surface area contributed by atoms with E-state index < -0.39 is 28.5 Å². The van der Waals surface area contributed by atoms with Gasteiger partial charge in [0, 0.05) is 22.6 Å². The van der Waals surface area contributed by atoms with Gasteiger partial charge in [-0.3, -0.25) is 13.9 Å². The quantitative estimate of drug-likeness (QED) is 0.281. The molecule has 0 aromatic heterocycles. The maximum absolute atomic E-state index is 14.0. The van der Waals surface area contributed by atoms with Crippen molar-refractivity contribution in [2.24, 2.45) is 0 Å². The van der Waals surface area contributed by atoms with E-state index >= 15 is 0 Å². The Morgan fingerprint density at radius 3 is 2.08 bits per heavy atom. The van der Waals surface area contributed by atoms with Gasteiger partial charge >= 0.3 is 0 Å². The average Bonchev–Trinajstić information content (AvgIpc) is 2.88. The third kappa shape index (κ3) is 7.88. The van der Waals surface area contributed by atoms with Crippen LogP contribution in [0.5, 0.6) is 0 Å². The van der Waals surface area contributed by atoms with Crippen LogP contribution in [0.3, 0.4) is 0 Å². The predicted molar refractivity (Wildman–Crippen MR) is 157 cm³/mol. The van der Waals surface area contributed by atoms with Crippen molar-refractivity contribution in [3.05, 3.63) is 93.4 Å². The van der Waals surface area contributed by atoms with Gasteiger partial charge in [0.25, 0.3) is 10.0 Å². The summed E-state index contributed by atoms with van der Waals surface area (Å²) < 4.78 is 28.6. The predicted octanol–water partition coefficient (Wildman–Crippen LogP) is 6.17. The number of rotatable bonds is 11. The summed E-state index contributed by atoms with van der Waals surface area (Å²) in [5.41, 5.74) is 0.815. The van der Waals surface area contributed by atoms with E-state index in [2.05, 4.69) is 5.32 Å². The summed E-state index contributed by atoms with van der Waals surface area (Å²) in [6.07, 6.45) is 0.311. The van der Waals surface area contributed by atoms with Gasteiger partial charge < -0.3 is 10.2 Å². The van der Waals surface area contributed by atoms with Gasteiger partial charge in [0.05, 0.1) is 15.6 Å². The normalized spacial score (nSPS) is 12.2. The number of hydrogen-bond donors (Lipinski definition) is 1. The van der Waals surface area contributed by atoms with Crippen LogP contribution in [0.1, 0.15) is 32.8 Å². The van der Waals surface area contributed by atoms with E-state index in [1.54, 1.807) is 49.4 Å². The fraction of sp³-hybridized carbons (Fsp3) is 0.286. The van der Waals surface area contributed by atoms with E-state index in [1.807, 2.05) is 13.8 Å². The molecule has 0 radical (unpaired) electrons. The van der Waals surface area contributed by atoms with Crippen molar-refractivity contribution in [1.82, 2.24) is 10.2 Å². The summed E-state index contributed by atoms with van der Waals surface area (Å²) in [4.78, 5) is 28.5. The molecule has 0 aliphatic rings. The fourth-order valence-electron chi connectivity index (χ4n) is 4.00. The summed E-state index contributed by atoms with van der Waals surface area (Å²) in [6.45, 7) is 4.91. The first-order valence-electron chi connectivity index (χ1n) is 12.3. The number of benzene rings is 3. The second-order valence-electron chi connectivity index (χ2n) is 9.16. The third-order valence-electron chi connectivity index (χ3n) is 5.87. The second-order valence-corrected chi connectivity index (χ2v) is 12.3. The molecule has 0 saturated carbocycles. The van der Waals surface area contributed by atoms with Crippen LogP contribution in [-0.4, -0.2) is 43.8 Å². The van der Waals surface area contributed by atoms with Crippen LogP contribution >= 0.6 is 34.8 Å². The molecule has 0 aliphatic carbocycles. The second kappa shape index (κ2) is 13.5. The molecular formula is C28H30Cl3N3O4S. The van der Waals surface area contributed by atoms with Crippen LogP contribution in [0.2, 0.25) is 15.1 Å². The number of nitrogens with one attached hydrogen (secondary N) is 1. The Morgan fingerprint density at radius 1 is 0.897 bits per heavy atom. The molecule has 208 valence electrons. The maximum Gasteiger partial charge on any atom is 0.264 e. The zero-order chi connectivity index (χ0) is 28.7. The number of carbonyl (C=O) groups excluding carboxylic acids is 2. The lowest BCUT2D eigenvalue weighted by atomic mass is 10.1. The van der Waals surface area contributed by atoms with Crippen molar-refractivity contribution in [2.45, 2.75) is 50.7 Å². The molecule has 2 amide bonds. The van der Waals surface area contributed by atoms with Crippen LogP contribution in [0.25, 0.3) is 0 Å². The Balaban J connectivity index is 2.08. The summed E-state index contributed by atoms with van der Waals surface area (Å²) in [7, 11) is -4.23. The van der Waals surface area contributed by atoms with Crippen molar-refractivity contribution in [3.8, 4) is 0 Å². The molecule has 0 saturated heterocycles. The van der Waals surface area contributed by atoms with Gasteiger partial charge in [-0.05, 0) is 68.3 Å². The Labute approximate surface area is 244 Å². The summed E-state index contributed by atoms with van der Waals surface area (Å²) in [5, 5.41) is 3.76. The molecule has 1 N–H and O–H groups in total. The monoisotopic (exact) mass is 609 g/mol. The van der Waals surface area contributed by atoms with Crippen molar-refractivity contribution in [2.75, 3.05) is 10.8 Å². The third-order valence-corrected chi connectivity index (χ3v) is 8.44. The zero-order valence-electron chi connectivity index (χ0n) is 21.8. The molecule has 1 atom stereocenters. The highest BCUT2D eigenvalue weighted by molar-refractivity contribution is 7.92. The molecule has 0 fully saturated rings. The van der Waals surface area contributed by atoms with Crippen LogP contribution in [-0.2, 0) is 26.2 Å². The first-order valence-corrected chi connectivity index (χ1v) is 14.9. The van der Waals surface area contributed by atoms with E-state index in [0.717, 1.165) is 9.87 Å². The van der Waals surface area contributed by atoms with E-state index in [0.29, 0.717) is 16.5 Å². The summed E-state index contributed by atoms with van der Waals surface area (Å²) in [6, 6.07) is 18.0.